The number of hydrogen-bond donors (Lipinski definition) is 0. The van der Waals surface area contributed by atoms with Crippen molar-refractivity contribution in [2.75, 3.05) is 31.6 Å². The van der Waals surface area contributed by atoms with Crippen LogP contribution in [0.25, 0.3) is 16.7 Å². The van der Waals surface area contributed by atoms with E-state index in [1.165, 1.54) is 0 Å². The first-order valence-corrected chi connectivity index (χ1v) is 11.9. The van der Waals surface area contributed by atoms with Crippen LogP contribution in [0.2, 0.25) is 0 Å². The Morgan fingerprint density at radius 1 is 1.06 bits per heavy atom. The van der Waals surface area contributed by atoms with Gasteiger partial charge >= 0.3 is 5.69 Å². The average Bonchev–Trinajstić information content (AvgIpc) is 3.11. The molecule has 0 spiro atoms. The van der Waals surface area contributed by atoms with Crippen molar-refractivity contribution in [3.05, 3.63) is 71.7 Å². The maximum atomic E-state index is 13.1. The first kappa shape index (κ1) is 26.2. The summed E-state index contributed by atoms with van der Waals surface area (Å²) < 4.78 is 4.49. The second-order valence-corrected chi connectivity index (χ2v) is 9.47. The summed E-state index contributed by atoms with van der Waals surface area (Å²) in [4.78, 5) is 27.9. The van der Waals surface area contributed by atoms with E-state index in [0.29, 0.717) is 13.0 Å². The van der Waals surface area contributed by atoms with Gasteiger partial charge in [-0.15, -0.1) is 0 Å². The van der Waals surface area contributed by atoms with E-state index in [4.69, 9.17) is 0 Å². The van der Waals surface area contributed by atoms with Crippen molar-refractivity contribution in [2.24, 2.45) is 0 Å². The zero-order valence-electron chi connectivity index (χ0n) is 20.4. The maximum Gasteiger partial charge on any atom is 0.333 e. The van der Waals surface area contributed by atoms with E-state index in [-0.39, 0.29) is 41.6 Å². The molecule has 6 nitrogen and oxygen atoms in total. The number of halogens is 1. The summed E-state index contributed by atoms with van der Waals surface area (Å²) >= 11 is 0. The Morgan fingerprint density at radius 2 is 1.65 bits per heavy atom. The van der Waals surface area contributed by atoms with Crippen LogP contribution in [0.5, 0.6) is 0 Å². The number of piperidine rings is 1. The van der Waals surface area contributed by atoms with Crippen molar-refractivity contribution in [3.8, 4) is 0 Å². The lowest BCUT2D eigenvalue weighted by atomic mass is 9.99. The van der Waals surface area contributed by atoms with Crippen molar-refractivity contribution in [3.63, 3.8) is 0 Å². The summed E-state index contributed by atoms with van der Waals surface area (Å²) in [7, 11) is 2.27. The van der Waals surface area contributed by atoms with Gasteiger partial charge in [-0.25, -0.2) is 4.79 Å². The molecule has 1 amide bonds. The molecule has 2 aromatic carbocycles. The number of likely N-dealkylation sites (tertiary alicyclic amines) is 1. The lowest BCUT2D eigenvalue weighted by Gasteiger charge is -2.43. The Labute approximate surface area is 219 Å². The van der Waals surface area contributed by atoms with E-state index in [1.807, 2.05) is 77.9 Å². The number of amides is 1. The van der Waals surface area contributed by atoms with E-state index in [1.54, 1.807) is 4.57 Å². The second kappa shape index (κ2) is 10.9. The maximum absolute atomic E-state index is 13.1. The monoisotopic (exact) mass is 574 g/mol. The molecule has 4 rings (SSSR count). The first-order chi connectivity index (χ1) is 15.8. The molecule has 0 N–H and O–H groups in total. The van der Waals surface area contributed by atoms with Gasteiger partial charge in [-0.1, -0.05) is 43.8 Å². The number of quaternary nitrogens is 1. The fourth-order valence-electron chi connectivity index (χ4n) is 5.11. The molecular formula is C27H35IN4O2. The van der Waals surface area contributed by atoms with Crippen LogP contribution in [-0.4, -0.2) is 52.2 Å². The number of carbonyl (C=O) groups excluding carboxylic acids is 1. The van der Waals surface area contributed by atoms with Gasteiger partial charge in [0.05, 0.1) is 44.3 Å². The largest absolute Gasteiger partial charge is 1.00 e. The quantitative estimate of drug-likeness (QED) is 0.316. The van der Waals surface area contributed by atoms with Gasteiger partial charge in [0.15, 0.2) is 0 Å². The number of rotatable bonds is 7. The molecule has 0 unspecified atom stereocenters. The van der Waals surface area contributed by atoms with Crippen molar-refractivity contribution >= 4 is 28.3 Å². The van der Waals surface area contributed by atoms with Crippen molar-refractivity contribution in [1.29, 1.82) is 0 Å². The lowest BCUT2D eigenvalue weighted by Crippen LogP contribution is -3.00. The minimum absolute atomic E-state index is 0. The van der Waals surface area contributed by atoms with E-state index >= 15 is 0 Å². The highest BCUT2D eigenvalue weighted by Crippen LogP contribution is 2.27. The van der Waals surface area contributed by atoms with E-state index in [9.17, 15) is 9.59 Å². The van der Waals surface area contributed by atoms with Gasteiger partial charge in [-0.3, -0.25) is 13.9 Å². The molecule has 2 heterocycles. The molecule has 182 valence electrons. The molecule has 1 aromatic heterocycles. The minimum Gasteiger partial charge on any atom is -1.00 e. The molecule has 34 heavy (non-hydrogen) atoms. The zero-order chi connectivity index (χ0) is 23.6. The van der Waals surface area contributed by atoms with Gasteiger partial charge in [0.1, 0.15) is 0 Å². The minimum atomic E-state index is -0.0195. The van der Waals surface area contributed by atoms with Crippen molar-refractivity contribution in [1.82, 2.24) is 9.13 Å². The third-order valence-electron chi connectivity index (χ3n) is 7.06. The van der Waals surface area contributed by atoms with E-state index in [2.05, 4.69) is 13.6 Å². The van der Waals surface area contributed by atoms with Crippen LogP contribution in [0.4, 0.5) is 5.69 Å². The summed E-state index contributed by atoms with van der Waals surface area (Å²) in [5.74, 6) is 0.182. The Hall–Kier alpha value is -2.39. The van der Waals surface area contributed by atoms with Gasteiger partial charge < -0.3 is 33.4 Å². The van der Waals surface area contributed by atoms with E-state index in [0.717, 1.165) is 59.4 Å². The number of imidazole rings is 1. The standard InChI is InChI=1S/C27H35N4O2.HI/c1-5-26(32)30(22-11-7-6-8-12-22)23-15-18-31(4,19-16-23)20-17-28-24-13-9-10-14-25(24)29(21(2)3)27(28)33;/h6-14,23H,2,5,15-20H2,1,3-4H3;1H/q+1;/p-1. The third-order valence-corrected chi connectivity index (χ3v) is 7.06. The SMILES string of the molecule is C=C(C)n1c(=O)n(CC[N+]2(C)CCC(N(C(=O)CC)c3ccccc3)CC2)c2ccccc21.[I-]. The van der Waals surface area contributed by atoms with Crippen LogP contribution in [0.15, 0.2) is 66.0 Å². The number of para-hydroxylation sites is 3. The molecule has 1 aliphatic rings. The fraction of sp³-hybridized carbons (Fsp3) is 0.407. The first-order valence-electron chi connectivity index (χ1n) is 11.9. The normalized spacial score (nSPS) is 20.0. The number of aromatic nitrogens is 2. The predicted molar refractivity (Wildman–Crippen MR) is 135 cm³/mol. The average molecular weight is 575 g/mol. The van der Waals surface area contributed by atoms with Crippen molar-refractivity contribution in [2.45, 2.75) is 45.7 Å². The second-order valence-electron chi connectivity index (χ2n) is 9.47. The van der Waals surface area contributed by atoms with Gasteiger partial charge in [0.2, 0.25) is 5.91 Å². The Morgan fingerprint density at radius 3 is 2.24 bits per heavy atom. The Kier molecular flexibility index (Phi) is 8.41. The molecule has 0 radical (unpaired) electrons. The Bertz CT molecular complexity index is 1210. The number of anilines is 1. The number of carbonyl (C=O) groups is 1. The lowest BCUT2D eigenvalue weighted by molar-refractivity contribution is -0.914. The molecule has 0 saturated carbocycles. The molecular weight excluding hydrogens is 539 g/mol. The number of allylic oxidation sites excluding steroid dienone is 1. The van der Waals surface area contributed by atoms with Crippen LogP contribution in [0.1, 0.15) is 33.1 Å². The third kappa shape index (κ3) is 5.15. The molecule has 0 bridgehead atoms. The molecule has 3 aromatic rings. The van der Waals surface area contributed by atoms with Gasteiger partial charge in [-0.05, 0) is 31.2 Å². The molecule has 1 saturated heterocycles. The Balaban J connectivity index is 0.00000324. The number of hydrogen-bond acceptors (Lipinski definition) is 2. The zero-order valence-corrected chi connectivity index (χ0v) is 22.6. The highest BCUT2D eigenvalue weighted by atomic mass is 127. The van der Waals surface area contributed by atoms with E-state index < -0.39 is 0 Å². The number of benzene rings is 2. The highest BCUT2D eigenvalue weighted by molar-refractivity contribution is 5.93. The van der Waals surface area contributed by atoms with Gasteiger partial charge in [0.25, 0.3) is 0 Å². The summed E-state index contributed by atoms with van der Waals surface area (Å²) in [6, 6.07) is 18.2. The van der Waals surface area contributed by atoms with Crippen LogP contribution >= 0.6 is 0 Å². The summed E-state index contributed by atoms with van der Waals surface area (Å²) in [6.45, 7) is 11.3. The van der Waals surface area contributed by atoms with Crippen molar-refractivity contribution < 1.29 is 33.3 Å². The molecule has 0 atom stereocenters. The van der Waals surface area contributed by atoms with Gasteiger partial charge in [-0.2, -0.15) is 0 Å². The molecule has 1 fully saturated rings. The van der Waals surface area contributed by atoms with Crippen LogP contribution in [-0.2, 0) is 11.3 Å². The fourth-order valence-corrected chi connectivity index (χ4v) is 5.11. The molecule has 0 aliphatic carbocycles. The number of fused-ring (bicyclic) bond motifs is 1. The highest BCUT2D eigenvalue weighted by Gasteiger charge is 2.35. The number of likely N-dealkylation sites (N-methyl/N-ethyl adjacent to an activating group) is 1. The topological polar surface area (TPSA) is 47.2 Å². The molecule has 1 aliphatic heterocycles. The van der Waals surface area contributed by atoms with Crippen LogP contribution in [0.3, 0.4) is 0 Å². The van der Waals surface area contributed by atoms with Crippen LogP contribution in [0, 0.1) is 0 Å². The number of nitrogens with zero attached hydrogens (tertiary/aromatic N) is 4. The predicted octanol–water partition coefficient (Wildman–Crippen LogP) is 1.35. The summed E-state index contributed by atoms with van der Waals surface area (Å²) in [5.41, 5.74) is 3.57. The molecule has 7 heteroatoms. The van der Waals surface area contributed by atoms with Crippen LogP contribution < -0.4 is 34.6 Å². The van der Waals surface area contributed by atoms with Gasteiger partial charge in [0, 0.05) is 36.7 Å². The smallest absolute Gasteiger partial charge is 0.333 e. The summed E-state index contributed by atoms with van der Waals surface area (Å²) in [5, 5.41) is 0. The summed E-state index contributed by atoms with van der Waals surface area (Å²) in [6.07, 6.45) is 2.42.